The maximum absolute atomic E-state index is 11.9. The van der Waals surface area contributed by atoms with Gasteiger partial charge < -0.3 is 11.1 Å². The van der Waals surface area contributed by atoms with E-state index < -0.39 is 10.8 Å². The Bertz CT molecular complexity index is 614. The molecule has 0 saturated carbocycles. The molecule has 1 amide bonds. The molecule has 0 aliphatic heterocycles. The van der Waals surface area contributed by atoms with Crippen molar-refractivity contribution in [2.24, 2.45) is 0 Å². The van der Waals surface area contributed by atoms with E-state index in [-0.39, 0.29) is 11.7 Å². The Morgan fingerprint density at radius 2 is 2.21 bits per heavy atom. The van der Waals surface area contributed by atoms with Crippen LogP contribution in [-0.2, 0) is 15.6 Å². The van der Waals surface area contributed by atoms with Crippen LogP contribution in [0.3, 0.4) is 0 Å². The highest BCUT2D eigenvalue weighted by Crippen LogP contribution is 2.24. The molecular formula is C12H11BrN2O2S2. The van der Waals surface area contributed by atoms with Crippen LogP contribution in [0.2, 0.25) is 0 Å². The lowest BCUT2D eigenvalue weighted by Gasteiger charge is -2.07. The Labute approximate surface area is 125 Å². The number of halogens is 1. The summed E-state index contributed by atoms with van der Waals surface area (Å²) in [5, 5.41) is 4.54. The van der Waals surface area contributed by atoms with E-state index in [0.29, 0.717) is 20.1 Å². The van der Waals surface area contributed by atoms with Gasteiger partial charge in [-0.25, -0.2) is 0 Å². The summed E-state index contributed by atoms with van der Waals surface area (Å²) in [7, 11) is -1.30. The molecule has 0 radical (unpaired) electrons. The van der Waals surface area contributed by atoms with Gasteiger partial charge in [-0.15, -0.1) is 11.3 Å². The number of carbonyl (C=O) groups excluding carboxylic acids is 1. The molecule has 1 heterocycles. The molecule has 4 nitrogen and oxygen atoms in total. The second-order valence-electron chi connectivity index (χ2n) is 3.71. The van der Waals surface area contributed by atoms with Crippen LogP contribution in [0.5, 0.6) is 0 Å². The smallest absolute Gasteiger partial charge is 0.237 e. The summed E-state index contributed by atoms with van der Waals surface area (Å²) < 4.78 is 13.3. The van der Waals surface area contributed by atoms with Crippen molar-refractivity contribution >= 4 is 55.3 Å². The van der Waals surface area contributed by atoms with Crippen molar-refractivity contribution in [2.75, 3.05) is 16.8 Å². The van der Waals surface area contributed by atoms with Crippen molar-refractivity contribution in [1.29, 1.82) is 0 Å². The first-order valence-corrected chi connectivity index (χ1v) is 8.32. The highest BCUT2D eigenvalue weighted by atomic mass is 79.9. The summed E-state index contributed by atoms with van der Waals surface area (Å²) in [4.78, 5) is 11.8. The number of rotatable bonds is 4. The van der Waals surface area contributed by atoms with E-state index >= 15 is 0 Å². The average molecular weight is 359 g/mol. The van der Waals surface area contributed by atoms with Crippen LogP contribution in [0.4, 0.5) is 11.4 Å². The summed E-state index contributed by atoms with van der Waals surface area (Å²) in [6.45, 7) is 0. The fourth-order valence-corrected chi connectivity index (χ4v) is 3.80. The molecule has 2 rings (SSSR count). The van der Waals surface area contributed by atoms with Crippen LogP contribution in [-0.4, -0.2) is 15.9 Å². The normalized spacial score (nSPS) is 12.1. The molecule has 0 aliphatic carbocycles. The van der Waals surface area contributed by atoms with Gasteiger partial charge in [0.1, 0.15) is 5.75 Å². The van der Waals surface area contributed by atoms with E-state index in [1.807, 2.05) is 11.4 Å². The third kappa shape index (κ3) is 3.89. The molecular weight excluding hydrogens is 348 g/mol. The van der Waals surface area contributed by atoms with E-state index in [1.165, 1.54) is 11.3 Å². The van der Waals surface area contributed by atoms with Gasteiger partial charge in [0, 0.05) is 10.2 Å². The summed E-state index contributed by atoms with van der Waals surface area (Å²) in [5.74, 6) is -0.352. The Morgan fingerprint density at radius 1 is 1.42 bits per heavy atom. The summed E-state index contributed by atoms with van der Waals surface area (Å²) >= 11 is 4.69. The van der Waals surface area contributed by atoms with Gasteiger partial charge >= 0.3 is 0 Å². The number of carbonyl (C=O) groups is 1. The maximum atomic E-state index is 11.9. The quantitative estimate of drug-likeness (QED) is 0.825. The third-order valence-corrected chi connectivity index (χ3v) is 5.52. The Morgan fingerprint density at radius 3 is 2.84 bits per heavy atom. The number of benzene rings is 1. The molecule has 1 unspecified atom stereocenters. The van der Waals surface area contributed by atoms with Crippen LogP contribution in [0.15, 0.2) is 44.4 Å². The summed E-state index contributed by atoms with van der Waals surface area (Å²) in [6, 6.07) is 8.66. The van der Waals surface area contributed by atoms with Crippen LogP contribution in [0.25, 0.3) is 0 Å². The third-order valence-electron chi connectivity index (χ3n) is 2.25. The van der Waals surface area contributed by atoms with Crippen molar-refractivity contribution in [3.63, 3.8) is 0 Å². The summed E-state index contributed by atoms with van der Waals surface area (Å²) in [6.07, 6.45) is 0. The second-order valence-corrected chi connectivity index (χ2v) is 7.19. The van der Waals surface area contributed by atoms with E-state index in [1.54, 1.807) is 24.3 Å². The average Bonchev–Trinajstić information content (AvgIpc) is 2.86. The lowest BCUT2D eigenvalue weighted by molar-refractivity contribution is -0.113. The van der Waals surface area contributed by atoms with Gasteiger partial charge in [0.25, 0.3) is 0 Å². The zero-order valence-electron chi connectivity index (χ0n) is 9.76. The molecule has 0 saturated heterocycles. The first-order chi connectivity index (χ1) is 9.06. The van der Waals surface area contributed by atoms with E-state index in [9.17, 15) is 9.00 Å². The van der Waals surface area contributed by atoms with Crippen molar-refractivity contribution in [1.82, 2.24) is 0 Å². The largest absolute Gasteiger partial charge is 0.399 e. The molecule has 2 aromatic rings. The minimum atomic E-state index is -1.30. The predicted molar refractivity (Wildman–Crippen MR) is 82.8 cm³/mol. The molecule has 0 aliphatic rings. The number of amides is 1. The molecule has 0 fully saturated rings. The molecule has 1 atom stereocenters. The minimum absolute atomic E-state index is 0.0582. The molecule has 19 heavy (non-hydrogen) atoms. The van der Waals surface area contributed by atoms with Gasteiger partial charge in [0.05, 0.1) is 20.7 Å². The van der Waals surface area contributed by atoms with Gasteiger partial charge in [-0.2, -0.15) is 0 Å². The number of nitrogen functional groups attached to an aromatic ring is 1. The monoisotopic (exact) mass is 358 g/mol. The molecule has 100 valence electrons. The Kier molecular flexibility index (Phi) is 4.73. The van der Waals surface area contributed by atoms with E-state index in [2.05, 4.69) is 21.2 Å². The van der Waals surface area contributed by atoms with Crippen LogP contribution in [0, 0.1) is 0 Å². The number of hydrogen-bond donors (Lipinski definition) is 2. The topological polar surface area (TPSA) is 72.2 Å². The number of hydrogen-bond acceptors (Lipinski definition) is 4. The van der Waals surface area contributed by atoms with Crippen molar-refractivity contribution in [2.45, 2.75) is 4.21 Å². The zero-order valence-corrected chi connectivity index (χ0v) is 13.0. The van der Waals surface area contributed by atoms with Gasteiger partial charge in [0.2, 0.25) is 5.91 Å². The van der Waals surface area contributed by atoms with Gasteiger partial charge in [-0.1, -0.05) is 6.07 Å². The van der Waals surface area contributed by atoms with Crippen molar-refractivity contribution < 1.29 is 9.00 Å². The predicted octanol–water partition coefficient (Wildman–Crippen LogP) is 2.84. The molecule has 1 aromatic carbocycles. The summed E-state index contributed by atoms with van der Waals surface area (Å²) in [5.41, 5.74) is 6.83. The lowest BCUT2D eigenvalue weighted by atomic mass is 10.3. The van der Waals surface area contributed by atoms with Gasteiger partial charge in [-0.3, -0.25) is 9.00 Å². The van der Waals surface area contributed by atoms with E-state index in [0.717, 1.165) is 0 Å². The van der Waals surface area contributed by atoms with E-state index in [4.69, 9.17) is 5.73 Å². The van der Waals surface area contributed by atoms with Crippen LogP contribution < -0.4 is 11.1 Å². The molecule has 0 spiro atoms. The van der Waals surface area contributed by atoms with Gasteiger partial charge in [0.15, 0.2) is 0 Å². The first kappa shape index (κ1) is 14.2. The van der Waals surface area contributed by atoms with Crippen molar-refractivity contribution in [3.05, 3.63) is 40.2 Å². The second kappa shape index (κ2) is 6.31. The Hall–Kier alpha value is -1.18. The van der Waals surface area contributed by atoms with Crippen LogP contribution in [0.1, 0.15) is 0 Å². The highest BCUT2D eigenvalue weighted by molar-refractivity contribution is 9.10. The standard InChI is InChI=1S/C12H11BrN2O2S2/c13-9-6-8(14)3-4-10(9)15-11(16)7-19(17)12-2-1-5-18-12/h1-6H,7,14H2,(H,15,16). The SMILES string of the molecule is Nc1ccc(NC(=O)CS(=O)c2cccs2)c(Br)c1. The molecule has 3 N–H and O–H groups in total. The molecule has 1 aromatic heterocycles. The van der Waals surface area contributed by atoms with Gasteiger partial charge in [-0.05, 0) is 45.6 Å². The fraction of sp³-hybridized carbons (Fsp3) is 0.0833. The number of nitrogens with one attached hydrogen (secondary N) is 1. The number of anilines is 2. The Balaban J connectivity index is 2.00. The molecule has 7 heteroatoms. The first-order valence-electron chi connectivity index (χ1n) is 5.33. The number of thiophene rings is 1. The fourth-order valence-electron chi connectivity index (χ4n) is 1.40. The van der Waals surface area contributed by atoms with Crippen molar-refractivity contribution in [3.8, 4) is 0 Å². The lowest BCUT2D eigenvalue weighted by Crippen LogP contribution is -2.19. The minimum Gasteiger partial charge on any atom is -0.399 e. The molecule has 0 bridgehead atoms. The number of nitrogens with two attached hydrogens (primary N) is 1. The highest BCUT2D eigenvalue weighted by Gasteiger charge is 2.12. The maximum Gasteiger partial charge on any atom is 0.237 e. The zero-order chi connectivity index (χ0) is 13.8. The van der Waals surface area contributed by atoms with Crippen LogP contribution >= 0.6 is 27.3 Å².